The van der Waals surface area contributed by atoms with Gasteiger partial charge in [-0.15, -0.1) is 0 Å². The lowest BCUT2D eigenvalue weighted by Crippen LogP contribution is -2.46. The second kappa shape index (κ2) is 10.1. The lowest BCUT2D eigenvalue weighted by molar-refractivity contribution is -0.122. The first-order valence-electron chi connectivity index (χ1n) is 10.4. The molecule has 162 valence electrons. The highest BCUT2D eigenvalue weighted by molar-refractivity contribution is 7.89. The van der Waals surface area contributed by atoms with Gasteiger partial charge in [-0.1, -0.05) is 36.2 Å². The minimum atomic E-state index is -3.60. The van der Waals surface area contributed by atoms with E-state index >= 15 is 0 Å². The van der Waals surface area contributed by atoms with Crippen LogP contribution in [-0.2, 0) is 21.2 Å². The number of nitrogens with one attached hydrogen (secondary N) is 1. The smallest absolute Gasteiger partial charge is 0.243 e. The van der Waals surface area contributed by atoms with Crippen LogP contribution in [0.1, 0.15) is 36.8 Å². The highest BCUT2D eigenvalue weighted by Gasteiger charge is 2.34. The third kappa shape index (κ3) is 5.61. The van der Waals surface area contributed by atoms with Crippen molar-refractivity contribution in [2.24, 2.45) is 0 Å². The van der Waals surface area contributed by atoms with Crippen molar-refractivity contribution in [3.63, 3.8) is 0 Å². The second-order valence-electron chi connectivity index (χ2n) is 7.73. The Morgan fingerprint density at radius 2 is 1.80 bits per heavy atom. The van der Waals surface area contributed by atoms with Gasteiger partial charge in [0, 0.05) is 25.6 Å². The number of rotatable bonds is 8. The monoisotopic (exact) mass is 430 g/mol. The molecule has 2 aromatic carbocycles. The van der Waals surface area contributed by atoms with Gasteiger partial charge in [-0.05, 0) is 56.0 Å². The highest BCUT2D eigenvalue weighted by atomic mass is 32.2. The Bertz CT molecular complexity index is 940. The van der Waals surface area contributed by atoms with E-state index in [0.29, 0.717) is 30.8 Å². The standard InChI is InChI=1S/C23H30N2O4S/c1-18-6-12-22(13-7-18)30(27,28)25-16-4-3-5-20(25)17-23(26)24-15-14-19-8-10-21(29-2)11-9-19/h6-13,20H,3-5,14-17H2,1-2H3,(H,24,26)/t20-/m0/s1. The van der Waals surface area contributed by atoms with E-state index in [1.165, 1.54) is 4.31 Å². The first kappa shape index (κ1) is 22.3. The summed E-state index contributed by atoms with van der Waals surface area (Å²) in [5.41, 5.74) is 2.12. The lowest BCUT2D eigenvalue weighted by atomic mass is 10.0. The van der Waals surface area contributed by atoms with Gasteiger partial charge in [0.05, 0.1) is 12.0 Å². The molecular formula is C23H30N2O4S. The molecule has 6 nitrogen and oxygen atoms in total. The molecule has 2 aromatic rings. The van der Waals surface area contributed by atoms with Crippen LogP contribution >= 0.6 is 0 Å². The van der Waals surface area contributed by atoms with Crippen LogP contribution in [0.15, 0.2) is 53.4 Å². The number of nitrogens with zero attached hydrogens (tertiary/aromatic N) is 1. The molecule has 30 heavy (non-hydrogen) atoms. The molecule has 1 atom stereocenters. The lowest BCUT2D eigenvalue weighted by Gasteiger charge is -2.34. The van der Waals surface area contributed by atoms with E-state index in [-0.39, 0.29) is 18.4 Å². The van der Waals surface area contributed by atoms with E-state index < -0.39 is 10.0 Å². The van der Waals surface area contributed by atoms with Gasteiger partial charge in [0.1, 0.15) is 5.75 Å². The average molecular weight is 431 g/mol. The van der Waals surface area contributed by atoms with Gasteiger partial charge in [-0.2, -0.15) is 4.31 Å². The maximum Gasteiger partial charge on any atom is 0.243 e. The first-order chi connectivity index (χ1) is 14.4. The molecule has 0 radical (unpaired) electrons. The summed E-state index contributed by atoms with van der Waals surface area (Å²) in [5.74, 6) is 0.689. The van der Waals surface area contributed by atoms with E-state index in [2.05, 4.69) is 5.32 Å². The second-order valence-corrected chi connectivity index (χ2v) is 9.62. The van der Waals surface area contributed by atoms with Crippen molar-refractivity contribution < 1.29 is 17.9 Å². The number of hydrogen-bond donors (Lipinski definition) is 1. The number of piperidine rings is 1. The first-order valence-corrected chi connectivity index (χ1v) is 11.8. The molecule has 7 heteroatoms. The van der Waals surface area contributed by atoms with Crippen molar-refractivity contribution in [2.45, 2.75) is 50.0 Å². The number of benzene rings is 2. The fourth-order valence-electron chi connectivity index (χ4n) is 3.76. The number of carbonyl (C=O) groups excluding carboxylic acids is 1. The SMILES string of the molecule is COc1ccc(CCNC(=O)C[C@@H]2CCCCN2S(=O)(=O)c2ccc(C)cc2)cc1. The number of amides is 1. The van der Waals surface area contributed by atoms with Crippen LogP contribution in [0.25, 0.3) is 0 Å². The predicted octanol–water partition coefficient (Wildman–Crippen LogP) is 3.30. The molecule has 1 heterocycles. The van der Waals surface area contributed by atoms with Gasteiger partial charge in [0.25, 0.3) is 0 Å². The van der Waals surface area contributed by atoms with Crippen LogP contribution in [-0.4, -0.2) is 44.9 Å². The molecule has 1 N–H and O–H groups in total. The quantitative estimate of drug-likeness (QED) is 0.697. The fourth-order valence-corrected chi connectivity index (χ4v) is 5.46. The van der Waals surface area contributed by atoms with Gasteiger partial charge in [0.2, 0.25) is 15.9 Å². The molecule has 0 unspecified atom stereocenters. The van der Waals surface area contributed by atoms with Crippen molar-refractivity contribution in [3.05, 3.63) is 59.7 Å². The minimum Gasteiger partial charge on any atom is -0.497 e. The van der Waals surface area contributed by atoms with E-state index in [1.807, 2.05) is 31.2 Å². The number of ether oxygens (including phenoxy) is 1. The fraction of sp³-hybridized carbons (Fsp3) is 0.435. The number of carbonyl (C=O) groups is 1. The van der Waals surface area contributed by atoms with E-state index in [4.69, 9.17) is 4.74 Å². The Kier molecular flexibility index (Phi) is 7.50. The van der Waals surface area contributed by atoms with E-state index in [9.17, 15) is 13.2 Å². The van der Waals surface area contributed by atoms with Gasteiger partial charge >= 0.3 is 0 Å². The van der Waals surface area contributed by atoms with Crippen LogP contribution in [0.3, 0.4) is 0 Å². The summed E-state index contributed by atoms with van der Waals surface area (Å²) in [6.07, 6.45) is 3.36. The van der Waals surface area contributed by atoms with Crippen molar-refractivity contribution in [1.82, 2.24) is 9.62 Å². The summed E-state index contributed by atoms with van der Waals surface area (Å²) in [4.78, 5) is 12.8. The van der Waals surface area contributed by atoms with Crippen LogP contribution in [0, 0.1) is 6.92 Å². The minimum absolute atomic E-state index is 0.112. The zero-order chi connectivity index (χ0) is 21.6. The molecule has 0 saturated carbocycles. The molecule has 1 saturated heterocycles. The molecule has 0 spiro atoms. The van der Waals surface area contributed by atoms with Gasteiger partial charge in [-0.3, -0.25) is 4.79 Å². The maximum atomic E-state index is 13.1. The topological polar surface area (TPSA) is 75.7 Å². The van der Waals surface area contributed by atoms with Gasteiger partial charge in [0.15, 0.2) is 0 Å². The normalized spacial score (nSPS) is 17.5. The molecule has 1 aliphatic heterocycles. The van der Waals surface area contributed by atoms with Crippen LogP contribution in [0.4, 0.5) is 0 Å². The summed E-state index contributed by atoms with van der Waals surface area (Å²) >= 11 is 0. The Hall–Kier alpha value is -2.38. The van der Waals surface area contributed by atoms with Crippen molar-refractivity contribution in [3.8, 4) is 5.75 Å². The Balaban J connectivity index is 1.57. The van der Waals surface area contributed by atoms with Crippen molar-refractivity contribution >= 4 is 15.9 Å². The summed E-state index contributed by atoms with van der Waals surface area (Å²) < 4.78 is 32.9. The zero-order valence-electron chi connectivity index (χ0n) is 17.6. The van der Waals surface area contributed by atoms with E-state index in [0.717, 1.165) is 29.7 Å². The van der Waals surface area contributed by atoms with Gasteiger partial charge in [-0.25, -0.2) is 8.42 Å². The van der Waals surface area contributed by atoms with E-state index in [1.54, 1.807) is 31.4 Å². The molecule has 1 amide bonds. The number of aryl methyl sites for hydroxylation is 1. The maximum absolute atomic E-state index is 13.1. The van der Waals surface area contributed by atoms with Crippen LogP contribution in [0.2, 0.25) is 0 Å². The van der Waals surface area contributed by atoms with Crippen LogP contribution in [0.5, 0.6) is 5.75 Å². The molecular weight excluding hydrogens is 400 g/mol. The third-order valence-corrected chi connectivity index (χ3v) is 7.48. The average Bonchev–Trinajstić information content (AvgIpc) is 2.75. The largest absolute Gasteiger partial charge is 0.497 e. The molecule has 1 fully saturated rings. The molecule has 0 aromatic heterocycles. The third-order valence-electron chi connectivity index (χ3n) is 5.52. The van der Waals surface area contributed by atoms with Crippen molar-refractivity contribution in [1.29, 1.82) is 0 Å². The van der Waals surface area contributed by atoms with Crippen LogP contribution < -0.4 is 10.1 Å². The molecule has 1 aliphatic rings. The Morgan fingerprint density at radius 3 is 2.47 bits per heavy atom. The summed E-state index contributed by atoms with van der Waals surface area (Å²) in [5, 5.41) is 2.93. The number of hydrogen-bond acceptors (Lipinski definition) is 4. The summed E-state index contributed by atoms with van der Waals surface area (Å²) in [6, 6.07) is 14.3. The highest BCUT2D eigenvalue weighted by Crippen LogP contribution is 2.27. The molecule has 3 rings (SSSR count). The molecule has 0 bridgehead atoms. The summed E-state index contributed by atoms with van der Waals surface area (Å²) in [7, 11) is -1.97. The zero-order valence-corrected chi connectivity index (χ0v) is 18.5. The Morgan fingerprint density at radius 1 is 1.10 bits per heavy atom. The van der Waals surface area contributed by atoms with Gasteiger partial charge < -0.3 is 10.1 Å². The number of methoxy groups -OCH3 is 1. The van der Waals surface area contributed by atoms with Crippen molar-refractivity contribution in [2.75, 3.05) is 20.2 Å². The predicted molar refractivity (Wildman–Crippen MR) is 117 cm³/mol. The summed E-state index contributed by atoms with van der Waals surface area (Å²) in [6.45, 7) is 2.90. The number of sulfonamides is 1. The molecule has 0 aliphatic carbocycles. The Labute approximate surface area is 179 Å².